The monoisotopic (exact) mass is 477 g/mol. The number of aliphatic carboxylic acids is 1. The average Bonchev–Trinajstić information content (AvgIpc) is 3.01. The fraction of sp³-hybridized carbons (Fsp3) is 0.478. The van der Waals surface area contributed by atoms with E-state index in [9.17, 15) is 14.7 Å². The lowest BCUT2D eigenvalue weighted by Crippen LogP contribution is -2.04. The number of benzene rings is 1. The molecule has 7 nitrogen and oxygen atoms in total. The van der Waals surface area contributed by atoms with Gasteiger partial charge in [-0.05, 0) is 49.3 Å². The number of aromatic hydroxyl groups is 1. The number of anilines is 1. The molecule has 0 radical (unpaired) electrons. The molecule has 0 saturated carbocycles. The van der Waals surface area contributed by atoms with Crippen LogP contribution < -0.4 is 5.32 Å². The third kappa shape index (κ3) is 9.32. The van der Waals surface area contributed by atoms with Crippen molar-refractivity contribution in [3.63, 3.8) is 0 Å². The Bertz CT molecular complexity index is 965. The summed E-state index contributed by atoms with van der Waals surface area (Å²) in [5, 5.41) is 21.8. The normalized spacial score (nSPS) is 11.2. The van der Waals surface area contributed by atoms with E-state index in [1.165, 1.54) is 18.3 Å². The molecule has 2 aromatic rings. The Morgan fingerprint density at radius 3 is 2.25 bits per heavy atom. The molecule has 1 amide bonds. The van der Waals surface area contributed by atoms with Gasteiger partial charge in [0.1, 0.15) is 4.88 Å². The molecule has 3 N–H and O–H groups in total. The number of nitrogens with one attached hydrogen (secondary N) is 1. The Morgan fingerprint density at radius 1 is 1.06 bits per heavy atom. The number of hydrogen-bond acceptors (Lipinski definition) is 6. The molecule has 0 spiro atoms. The maximum absolute atomic E-state index is 11.1. The molecule has 0 atom stereocenters. The first-order valence-electron chi connectivity index (χ1n) is 10.9. The number of carbonyl (C=O) groups excluding carboxylic acids is 1. The Labute approximate surface area is 197 Å². The fourth-order valence-corrected chi connectivity index (χ4v) is 4.50. The van der Waals surface area contributed by atoms with E-state index < -0.39 is 5.97 Å². The second-order valence-corrected chi connectivity index (χ2v) is 9.34. The molecular formula is C23H31N3O4S2. The number of carboxylic acids is 1. The summed E-state index contributed by atoms with van der Waals surface area (Å²) < 4.78 is 2.39. The van der Waals surface area contributed by atoms with Crippen molar-refractivity contribution < 1.29 is 19.8 Å². The van der Waals surface area contributed by atoms with E-state index in [1.54, 1.807) is 35.0 Å². The molecule has 0 bridgehead atoms. The first-order chi connectivity index (χ1) is 15.4. The van der Waals surface area contributed by atoms with E-state index in [0.29, 0.717) is 26.8 Å². The van der Waals surface area contributed by atoms with Crippen molar-refractivity contribution in [2.24, 2.45) is 4.99 Å². The van der Waals surface area contributed by atoms with Crippen LogP contribution >= 0.6 is 23.6 Å². The number of aromatic nitrogens is 1. The minimum absolute atomic E-state index is 0.125. The first-order valence-corrected chi connectivity index (χ1v) is 12.2. The van der Waals surface area contributed by atoms with Gasteiger partial charge in [0.2, 0.25) is 11.8 Å². The minimum atomic E-state index is -0.716. The molecule has 1 aromatic heterocycles. The van der Waals surface area contributed by atoms with Gasteiger partial charge in [0.05, 0.1) is 11.9 Å². The fourth-order valence-electron chi connectivity index (χ4n) is 3.27. The molecule has 0 aliphatic carbocycles. The Balaban J connectivity index is 1.74. The summed E-state index contributed by atoms with van der Waals surface area (Å²) in [4.78, 5) is 26.6. The highest BCUT2D eigenvalue weighted by Crippen LogP contribution is 2.26. The van der Waals surface area contributed by atoms with Gasteiger partial charge in [-0.15, -0.1) is 0 Å². The predicted octanol–water partition coefficient (Wildman–Crippen LogP) is 6.29. The van der Waals surface area contributed by atoms with Crippen molar-refractivity contribution in [1.29, 1.82) is 0 Å². The van der Waals surface area contributed by atoms with Gasteiger partial charge in [0, 0.05) is 25.6 Å². The van der Waals surface area contributed by atoms with Gasteiger partial charge in [0.15, 0.2) is 3.95 Å². The van der Waals surface area contributed by atoms with Crippen molar-refractivity contribution in [2.75, 3.05) is 5.32 Å². The van der Waals surface area contributed by atoms with Crippen LogP contribution in [0.1, 0.15) is 69.6 Å². The van der Waals surface area contributed by atoms with Gasteiger partial charge in [-0.1, -0.05) is 49.9 Å². The maximum atomic E-state index is 11.1. The number of hydrogen-bond donors (Lipinski definition) is 3. The van der Waals surface area contributed by atoms with Crippen molar-refractivity contribution in [3.05, 3.63) is 33.1 Å². The van der Waals surface area contributed by atoms with Crippen LogP contribution in [0, 0.1) is 3.95 Å². The molecule has 0 unspecified atom stereocenters. The molecule has 1 aromatic carbocycles. The van der Waals surface area contributed by atoms with Crippen LogP contribution in [0.5, 0.6) is 5.88 Å². The number of rotatable bonds is 14. The summed E-state index contributed by atoms with van der Waals surface area (Å²) in [5.41, 5.74) is 1.42. The summed E-state index contributed by atoms with van der Waals surface area (Å²) >= 11 is 6.74. The second kappa shape index (κ2) is 13.8. The smallest absolute Gasteiger partial charge is 0.303 e. The van der Waals surface area contributed by atoms with Crippen molar-refractivity contribution in [2.45, 2.75) is 71.3 Å². The summed E-state index contributed by atoms with van der Waals surface area (Å²) in [6.45, 7) is 2.14. The van der Waals surface area contributed by atoms with Crippen molar-refractivity contribution >= 4 is 53.0 Å². The maximum Gasteiger partial charge on any atom is 0.303 e. The number of aliphatic imine (C=N–C) groups is 1. The standard InChI is InChI=1S/C23H31N3O4S2/c1-17(27)25-19-13-11-18(12-14-19)24-16-20-22(30)26(23(31)32-20)15-9-7-5-3-2-4-6-8-10-21(28)29/h11-14,16,30H,2-10,15H2,1H3,(H,25,27)(H,28,29). The molecule has 1 heterocycles. The lowest BCUT2D eigenvalue weighted by atomic mass is 10.1. The minimum Gasteiger partial charge on any atom is -0.493 e. The van der Waals surface area contributed by atoms with Gasteiger partial charge >= 0.3 is 5.97 Å². The van der Waals surface area contributed by atoms with Crippen LogP contribution in [-0.2, 0) is 16.1 Å². The van der Waals surface area contributed by atoms with Gasteiger partial charge in [-0.2, -0.15) is 0 Å². The molecule has 0 aliphatic rings. The van der Waals surface area contributed by atoms with E-state index in [0.717, 1.165) is 51.4 Å². The highest BCUT2D eigenvalue weighted by molar-refractivity contribution is 7.73. The Hall–Kier alpha value is -2.52. The molecule has 174 valence electrons. The molecule has 0 fully saturated rings. The van der Waals surface area contributed by atoms with Crippen LogP contribution in [-0.4, -0.2) is 32.9 Å². The van der Waals surface area contributed by atoms with Crippen LogP contribution in [0.2, 0.25) is 0 Å². The van der Waals surface area contributed by atoms with Gasteiger partial charge in [-0.3, -0.25) is 19.1 Å². The van der Waals surface area contributed by atoms with E-state index >= 15 is 0 Å². The number of thiazole rings is 1. The highest BCUT2D eigenvalue weighted by atomic mass is 32.1. The van der Waals surface area contributed by atoms with E-state index in [1.807, 2.05) is 0 Å². The van der Waals surface area contributed by atoms with Crippen LogP contribution in [0.3, 0.4) is 0 Å². The molecular weight excluding hydrogens is 446 g/mol. The molecule has 0 saturated heterocycles. The van der Waals surface area contributed by atoms with Crippen LogP contribution in [0.25, 0.3) is 0 Å². The number of amides is 1. The summed E-state index contributed by atoms with van der Waals surface area (Å²) in [7, 11) is 0. The zero-order valence-electron chi connectivity index (χ0n) is 18.4. The first kappa shape index (κ1) is 25.7. The zero-order valence-corrected chi connectivity index (χ0v) is 20.0. The summed E-state index contributed by atoms with van der Waals surface area (Å²) in [6.07, 6.45) is 10.1. The average molecular weight is 478 g/mol. The zero-order chi connectivity index (χ0) is 23.3. The van der Waals surface area contributed by atoms with Gasteiger partial charge in [0.25, 0.3) is 0 Å². The number of carbonyl (C=O) groups is 2. The summed E-state index contributed by atoms with van der Waals surface area (Å²) in [5.74, 6) is -0.690. The lowest BCUT2D eigenvalue weighted by Gasteiger charge is -2.05. The Kier molecular flexibility index (Phi) is 11.1. The van der Waals surface area contributed by atoms with Crippen molar-refractivity contribution in [3.8, 4) is 5.88 Å². The number of unbranched alkanes of at least 4 members (excludes halogenated alkanes) is 7. The van der Waals surface area contributed by atoms with E-state index in [2.05, 4.69) is 10.3 Å². The largest absolute Gasteiger partial charge is 0.493 e. The molecule has 32 heavy (non-hydrogen) atoms. The number of nitrogens with zero attached hydrogens (tertiary/aromatic N) is 2. The highest BCUT2D eigenvalue weighted by Gasteiger charge is 2.10. The third-order valence-electron chi connectivity index (χ3n) is 4.93. The van der Waals surface area contributed by atoms with Crippen LogP contribution in [0.4, 0.5) is 11.4 Å². The molecule has 2 rings (SSSR count). The SMILES string of the molecule is CC(=O)Nc1ccc(N=Cc2sc(=S)n(CCCCCCCCCCC(=O)O)c2O)cc1. The van der Waals surface area contributed by atoms with E-state index in [-0.39, 0.29) is 18.2 Å². The predicted molar refractivity (Wildman–Crippen MR) is 132 cm³/mol. The van der Waals surface area contributed by atoms with E-state index in [4.69, 9.17) is 17.3 Å². The third-order valence-corrected chi connectivity index (χ3v) is 6.31. The molecule has 0 aliphatic heterocycles. The Morgan fingerprint density at radius 2 is 1.66 bits per heavy atom. The summed E-state index contributed by atoms with van der Waals surface area (Å²) in [6, 6.07) is 7.14. The second-order valence-electron chi connectivity index (χ2n) is 7.67. The molecule has 9 heteroatoms. The topological polar surface area (TPSA) is 104 Å². The van der Waals surface area contributed by atoms with Crippen molar-refractivity contribution in [1.82, 2.24) is 4.57 Å². The van der Waals surface area contributed by atoms with Gasteiger partial charge in [-0.25, -0.2) is 0 Å². The van der Waals surface area contributed by atoms with Crippen LogP contribution in [0.15, 0.2) is 29.3 Å². The number of carboxylic acid groups (broad SMARTS) is 1. The quantitative estimate of drug-likeness (QED) is 0.168. The van der Waals surface area contributed by atoms with Gasteiger partial charge < -0.3 is 15.5 Å². The lowest BCUT2D eigenvalue weighted by molar-refractivity contribution is -0.137.